The fourth-order valence-corrected chi connectivity index (χ4v) is 3.61. The van der Waals surface area contributed by atoms with Crippen LogP contribution in [-0.2, 0) is 4.79 Å². The highest BCUT2D eigenvalue weighted by molar-refractivity contribution is 5.96. The van der Waals surface area contributed by atoms with Gasteiger partial charge in [0, 0.05) is 18.3 Å². The Hall–Kier alpha value is -3.02. The second-order valence-electron chi connectivity index (χ2n) is 6.51. The van der Waals surface area contributed by atoms with Gasteiger partial charge in [0.2, 0.25) is 5.91 Å². The average Bonchev–Trinajstić information content (AvgIpc) is 2.60. The van der Waals surface area contributed by atoms with Gasteiger partial charge in [0.15, 0.2) is 5.72 Å². The molecule has 0 aromatic heterocycles. The minimum atomic E-state index is -1.07. The maximum Gasteiger partial charge on any atom is 0.320 e. The summed E-state index contributed by atoms with van der Waals surface area (Å²) in [5.41, 5.74) is 0.455. The molecule has 2 aliphatic rings. The number of fused-ring (bicyclic) bond motifs is 4. The highest BCUT2D eigenvalue weighted by Crippen LogP contribution is 2.47. The van der Waals surface area contributed by atoms with Gasteiger partial charge in [-0.05, 0) is 25.1 Å². The predicted molar refractivity (Wildman–Crippen MR) is 93.1 cm³/mol. The lowest BCUT2D eigenvalue weighted by molar-refractivity contribution is -0.150. The van der Waals surface area contributed by atoms with E-state index in [4.69, 9.17) is 4.74 Å². The zero-order valence-corrected chi connectivity index (χ0v) is 14.0. The molecule has 2 heterocycles. The summed E-state index contributed by atoms with van der Waals surface area (Å²) in [5.74, 6) is -0.101. The second kappa shape index (κ2) is 5.51. The molecular formula is C19H19N3O3. The van der Waals surface area contributed by atoms with E-state index in [0.29, 0.717) is 11.4 Å². The van der Waals surface area contributed by atoms with E-state index in [2.05, 4.69) is 10.6 Å². The maximum absolute atomic E-state index is 13.1. The smallest absolute Gasteiger partial charge is 0.320 e. The Morgan fingerprint density at radius 2 is 1.84 bits per heavy atom. The van der Waals surface area contributed by atoms with Crippen LogP contribution in [0.4, 0.5) is 10.5 Å². The minimum Gasteiger partial charge on any atom is -0.467 e. The van der Waals surface area contributed by atoms with E-state index < -0.39 is 17.7 Å². The summed E-state index contributed by atoms with van der Waals surface area (Å²) in [6.45, 7) is 1.78. The number of urea groups is 1. The van der Waals surface area contributed by atoms with E-state index in [1.807, 2.05) is 54.6 Å². The number of ether oxygens (including phenoxy) is 1. The molecule has 0 spiro atoms. The normalized spacial score (nSPS) is 27.0. The number of rotatable bonds is 2. The third kappa shape index (κ3) is 2.33. The molecule has 3 atom stereocenters. The summed E-state index contributed by atoms with van der Waals surface area (Å²) in [5, 5.41) is 5.88. The Morgan fingerprint density at radius 3 is 2.60 bits per heavy atom. The number of benzene rings is 2. The van der Waals surface area contributed by atoms with Gasteiger partial charge in [0.1, 0.15) is 11.7 Å². The molecule has 2 bridgehead atoms. The molecule has 2 aromatic carbocycles. The van der Waals surface area contributed by atoms with Crippen molar-refractivity contribution in [2.24, 2.45) is 5.92 Å². The van der Waals surface area contributed by atoms with E-state index in [1.54, 1.807) is 14.0 Å². The fraction of sp³-hybridized carbons (Fsp3) is 0.263. The van der Waals surface area contributed by atoms with Gasteiger partial charge in [0.05, 0.1) is 6.04 Å². The number of nitrogens with one attached hydrogen (secondary N) is 2. The number of carbonyl (C=O) groups is 2. The molecule has 0 aliphatic carbocycles. The Morgan fingerprint density at radius 1 is 1.16 bits per heavy atom. The quantitative estimate of drug-likeness (QED) is 0.885. The van der Waals surface area contributed by atoms with Gasteiger partial charge in [-0.15, -0.1) is 0 Å². The van der Waals surface area contributed by atoms with Crippen molar-refractivity contribution in [3.8, 4) is 5.75 Å². The number of nitrogens with zero attached hydrogens (tertiary/aromatic N) is 1. The van der Waals surface area contributed by atoms with Gasteiger partial charge in [-0.3, -0.25) is 9.69 Å². The minimum absolute atomic E-state index is 0.194. The number of anilines is 1. The summed E-state index contributed by atoms with van der Waals surface area (Å²) in [7, 11) is 1.64. The Kier molecular flexibility index (Phi) is 3.42. The van der Waals surface area contributed by atoms with Crippen molar-refractivity contribution in [2.45, 2.75) is 18.7 Å². The first-order valence-corrected chi connectivity index (χ1v) is 8.19. The molecule has 0 radical (unpaired) electrons. The molecule has 0 saturated carbocycles. The van der Waals surface area contributed by atoms with Crippen LogP contribution in [-0.4, -0.2) is 29.6 Å². The SMILES string of the molecule is CN1C(=O)NC2c3ccccc3O[C@@]1(C)C2C(=O)Nc1ccccc1. The number of carbonyl (C=O) groups excluding carboxylic acids is 2. The number of hydrogen-bond donors (Lipinski definition) is 2. The van der Waals surface area contributed by atoms with Crippen molar-refractivity contribution in [2.75, 3.05) is 12.4 Å². The van der Waals surface area contributed by atoms with Crippen molar-refractivity contribution in [3.63, 3.8) is 0 Å². The molecule has 25 heavy (non-hydrogen) atoms. The molecule has 2 unspecified atom stereocenters. The van der Waals surface area contributed by atoms with Crippen LogP contribution in [0.25, 0.3) is 0 Å². The van der Waals surface area contributed by atoms with Gasteiger partial charge in [-0.25, -0.2) is 4.79 Å². The van der Waals surface area contributed by atoms with E-state index >= 15 is 0 Å². The lowest BCUT2D eigenvalue weighted by Gasteiger charge is -2.53. The van der Waals surface area contributed by atoms with Crippen LogP contribution in [0.2, 0.25) is 0 Å². The monoisotopic (exact) mass is 337 g/mol. The molecule has 1 fully saturated rings. The number of para-hydroxylation sites is 2. The molecule has 2 aromatic rings. The van der Waals surface area contributed by atoms with Crippen molar-refractivity contribution in [1.29, 1.82) is 0 Å². The van der Waals surface area contributed by atoms with Crippen LogP contribution in [0.15, 0.2) is 54.6 Å². The van der Waals surface area contributed by atoms with Crippen LogP contribution in [0.5, 0.6) is 5.75 Å². The van der Waals surface area contributed by atoms with E-state index in [0.717, 1.165) is 5.56 Å². The molecule has 6 heteroatoms. The Labute approximate surface area is 145 Å². The highest BCUT2D eigenvalue weighted by Gasteiger charge is 2.58. The summed E-state index contributed by atoms with van der Waals surface area (Å²) in [4.78, 5) is 26.9. The van der Waals surface area contributed by atoms with Crippen LogP contribution in [0.3, 0.4) is 0 Å². The van der Waals surface area contributed by atoms with Gasteiger partial charge < -0.3 is 15.4 Å². The van der Waals surface area contributed by atoms with Crippen molar-refractivity contribution in [3.05, 3.63) is 60.2 Å². The van der Waals surface area contributed by atoms with E-state index in [-0.39, 0.29) is 11.9 Å². The average molecular weight is 337 g/mol. The maximum atomic E-state index is 13.1. The van der Waals surface area contributed by atoms with Gasteiger partial charge >= 0.3 is 6.03 Å². The molecule has 1 saturated heterocycles. The van der Waals surface area contributed by atoms with Gasteiger partial charge in [0.25, 0.3) is 0 Å². The van der Waals surface area contributed by atoms with Gasteiger partial charge in [-0.1, -0.05) is 36.4 Å². The van der Waals surface area contributed by atoms with Gasteiger partial charge in [-0.2, -0.15) is 0 Å². The van der Waals surface area contributed by atoms with Crippen LogP contribution >= 0.6 is 0 Å². The lowest BCUT2D eigenvalue weighted by Crippen LogP contribution is -2.70. The summed E-state index contributed by atoms with van der Waals surface area (Å²) < 4.78 is 6.15. The standard InChI is InChI=1S/C19H19N3O3/c1-19-15(17(23)20-12-8-4-3-5-9-12)16(21-18(24)22(19)2)13-10-6-7-11-14(13)25-19/h3-11,15-16H,1-2H3,(H,20,23)(H,21,24)/t15?,16?,19-/m0/s1. The third-order valence-electron chi connectivity index (χ3n) is 5.05. The summed E-state index contributed by atoms with van der Waals surface area (Å²) >= 11 is 0. The zero-order chi connectivity index (χ0) is 17.6. The van der Waals surface area contributed by atoms with E-state index in [1.165, 1.54) is 4.90 Å². The van der Waals surface area contributed by atoms with E-state index in [9.17, 15) is 9.59 Å². The number of amides is 3. The molecule has 128 valence electrons. The lowest BCUT2D eigenvalue weighted by atomic mass is 9.79. The van der Waals surface area contributed by atoms with Crippen LogP contribution in [0.1, 0.15) is 18.5 Å². The fourth-order valence-electron chi connectivity index (χ4n) is 3.61. The first-order chi connectivity index (χ1) is 12.0. The molecular weight excluding hydrogens is 318 g/mol. The number of hydrogen-bond acceptors (Lipinski definition) is 3. The largest absolute Gasteiger partial charge is 0.467 e. The summed E-state index contributed by atoms with van der Waals surface area (Å²) in [6, 6.07) is 16.1. The molecule has 2 aliphatic heterocycles. The van der Waals surface area contributed by atoms with Crippen LogP contribution in [0, 0.1) is 5.92 Å². The Balaban J connectivity index is 1.76. The first kappa shape index (κ1) is 15.5. The van der Waals surface area contributed by atoms with Crippen molar-refractivity contribution >= 4 is 17.6 Å². The third-order valence-corrected chi connectivity index (χ3v) is 5.05. The molecule has 2 N–H and O–H groups in total. The zero-order valence-electron chi connectivity index (χ0n) is 14.0. The van der Waals surface area contributed by atoms with Crippen molar-refractivity contribution in [1.82, 2.24) is 10.2 Å². The molecule has 3 amide bonds. The van der Waals surface area contributed by atoms with Crippen molar-refractivity contribution < 1.29 is 14.3 Å². The first-order valence-electron chi connectivity index (χ1n) is 8.19. The summed E-state index contributed by atoms with van der Waals surface area (Å²) in [6.07, 6.45) is 0. The molecule has 4 rings (SSSR count). The van der Waals surface area contributed by atoms with Crippen LogP contribution < -0.4 is 15.4 Å². The predicted octanol–water partition coefficient (Wildman–Crippen LogP) is 2.75. The Bertz CT molecular complexity index is 839. The topological polar surface area (TPSA) is 70.7 Å². The molecule has 6 nitrogen and oxygen atoms in total. The highest BCUT2D eigenvalue weighted by atomic mass is 16.5. The second-order valence-corrected chi connectivity index (χ2v) is 6.51.